The Labute approximate surface area is 600 Å². The van der Waals surface area contributed by atoms with Gasteiger partial charge in [0.15, 0.2) is 11.7 Å². The molecule has 0 radical (unpaired) electrons. The SMILES string of the molecule is N=C(N)NCCC[C@@H](NC(=O)[C@H](Cc1cnc[nH]1)NC(=O)[C@H](CO)NC(=O)[C@H](Cc1c[nH]c2ccccc12)NC(=O)[C@H](Cc1cnc[nH]1)NC(=O)[C@@H]1CCC(=O)N1)C(=O)N[C@@H](Cc1c[nH]c2ccccc12)C(=O)N[C@@H](Cc1ccc(C(=O)c2ccccc2)cc1)C(=O)N1CCC[C@H]1C(=O)N(N)CC(N)=O. The predicted molar refractivity (Wildman–Crippen MR) is 379 cm³/mol. The number of hydrogen-bond donors (Lipinski definition) is 18. The minimum atomic E-state index is -1.82. The lowest BCUT2D eigenvalue weighted by molar-refractivity contribution is -0.146. The van der Waals surface area contributed by atoms with Crippen LogP contribution in [0.2, 0.25) is 0 Å². The predicted octanol–water partition coefficient (Wildman–Crippen LogP) is -2.05. The average molecular weight is 1440 g/mol. The lowest BCUT2D eigenvalue weighted by Crippen LogP contribution is -2.61. The summed E-state index contributed by atoms with van der Waals surface area (Å²) in [7, 11) is 0. The number of fused-ring (bicyclic) bond motifs is 2. The van der Waals surface area contributed by atoms with Crippen molar-refractivity contribution >= 4 is 98.5 Å². The third-order valence-corrected chi connectivity index (χ3v) is 18.2. The Morgan fingerprint density at radius 2 is 1.08 bits per heavy atom. The second-order valence-corrected chi connectivity index (χ2v) is 25.7. The number of likely N-dealkylation sites (tertiary alicyclic amines) is 1. The van der Waals surface area contributed by atoms with E-state index in [9.17, 15) is 43.5 Å². The summed E-state index contributed by atoms with van der Waals surface area (Å²) in [6.07, 6.45) is 8.26. The minimum Gasteiger partial charge on any atom is -0.394 e. The Morgan fingerprint density at radius 3 is 1.60 bits per heavy atom. The van der Waals surface area contributed by atoms with E-state index in [4.69, 9.17) is 22.7 Å². The normalized spacial score (nSPS) is 16.1. The molecule has 2 aliphatic rings. The number of ketones is 1. The minimum absolute atomic E-state index is 0.0114. The van der Waals surface area contributed by atoms with Gasteiger partial charge in [-0.05, 0) is 60.9 Å². The number of nitrogens with one attached hydrogen (secondary N) is 14. The molecule has 4 aromatic heterocycles. The van der Waals surface area contributed by atoms with E-state index in [2.05, 4.69) is 77.8 Å². The monoisotopic (exact) mass is 1440 g/mol. The number of hydrazine groups is 1. The molecule has 21 N–H and O–H groups in total. The smallest absolute Gasteiger partial charge is 0.259 e. The summed E-state index contributed by atoms with van der Waals surface area (Å²) in [6, 6.07) is 16.2. The van der Waals surface area contributed by atoms with Gasteiger partial charge in [0.05, 0.1) is 19.3 Å². The molecule has 0 bridgehead atoms. The zero-order chi connectivity index (χ0) is 74.7. The Hall–Kier alpha value is -12.6. The standard InChI is InChI=1S/C71H83N21O13/c72-59(94)35-92(75)70(105)58-17-9-25-91(58)69(104)56(26-39-18-20-41(21-19-39)61(96)40-10-2-1-3-11-40)89-64(99)52(27-42-31-79-48-14-6-4-12-46(42)48)85-62(97)50(16-8-24-78-71(73)74)84-66(101)54(29-44-33-76-37-81-44)88-68(103)57(36-93)90-65(100)53(28-43-32-80-49-15-7-5-13-47(43)49)86-67(102)55(30-45-34-77-38-82-45)87-63(98)51-22-23-60(95)83-51/h1-7,10-15,18-21,31-34,37-38,50-58,79-80,93H,8-9,16-17,22-30,35-36,75H2,(H2,72,94)(H,76,81)(H,77,82)(H,83,95)(H,84,101)(H,85,97)(H,86,102)(H,87,98)(H,88,103)(H,89,99)(H,90,100)(H4,73,74,78)/t50-,51+,52+,53+,54+,55+,56+,57+,58+/m1/s1. The first-order valence-corrected chi connectivity index (χ1v) is 34.1. The largest absolute Gasteiger partial charge is 0.394 e. The molecule has 2 saturated heterocycles. The lowest BCUT2D eigenvalue weighted by Gasteiger charge is -2.31. The molecular formula is C71H83N21O13. The number of nitrogens with two attached hydrogens (primary N) is 3. The molecule has 9 atom stereocenters. The number of nitrogens with zero attached hydrogens (tertiary/aromatic N) is 4. The molecule has 0 unspecified atom stereocenters. The number of carbonyl (C=O) groups is 12. The highest BCUT2D eigenvalue weighted by molar-refractivity contribution is 6.09. The number of rotatable bonds is 35. The van der Waals surface area contributed by atoms with E-state index < -0.39 is 133 Å². The van der Waals surface area contributed by atoms with E-state index in [0.717, 1.165) is 0 Å². The van der Waals surface area contributed by atoms with Gasteiger partial charge in [-0.25, -0.2) is 15.8 Å². The van der Waals surface area contributed by atoms with Crippen molar-refractivity contribution in [1.29, 1.82) is 5.41 Å². The molecular weight excluding hydrogens is 1350 g/mol. The number of aliphatic hydroxyl groups excluding tert-OH is 1. The van der Waals surface area contributed by atoms with Crippen LogP contribution >= 0.6 is 0 Å². The molecule has 34 heteroatoms. The maximum atomic E-state index is 15.4. The number of guanidine groups is 1. The second-order valence-electron chi connectivity index (χ2n) is 25.7. The molecule has 2 fully saturated rings. The molecule has 10 rings (SSSR count). The van der Waals surface area contributed by atoms with Crippen molar-refractivity contribution in [2.45, 2.75) is 125 Å². The number of imidazole rings is 2. The fourth-order valence-electron chi connectivity index (χ4n) is 12.7. The summed E-state index contributed by atoms with van der Waals surface area (Å²) in [5.41, 5.74) is 15.4. The number of carbonyl (C=O) groups excluding carboxylic acids is 12. The van der Waals surface area contributed by atoms with Gasteiger partial charge in [0, 0.05) is 121 Å². The van der Waals surface area contributed by atoms with E-state index in [-0.39, 0.29) is 89.0 Å². The van der Waals surface area contributed by atoms with E-state index in [1.807, 2.05) is 0 Å². The van der Waals surface area contributed by atoms with Crippen LogP contribution in [0.3, 0.4) is 0 Å². The van der Waals surface area contributed by atoms with Crippen LogP contribution in [-0.2, 0) is 84.8 Å². The Bertz CT molecular complexity index is 4450. The maximum absolute atomic E-state index is 15.4. The Balaban J connectivity index is 0.912. The molecule has 11 amide bonds. The Morgan fingerprint density at radius 1 is 0.581 bits per heavy atom. The first kappa shape index (κ1) is 75.1. The van der Waals surface area contributed by atoms with Crippen LogP contribution in [-0.4, -0.2) is 202 Å². The first-order valence-electron chi connectivity index (χ1n) is 34.1. The first-order chi connectivity index (χ1) is 50.6. The van der Waals surface area contributed by atoms with Gasteiger partial charge in [0.2, 0.25) is 59.1 Å². The quantitative estimate of drug-likeness (QED) is 0.00386. The van der Waals surface area contributed by atoms with Gasteiger partial charge in [-0.1, -0.05) is 91.0 Å². The molecule has 550 valence electrons. The highest BCUT2D eigenvalue weighted by Gasteiger charge is 2.42. The van der Waals surface area contributed by atoms with Crippen molar-refractivity contribution in [2.75, 3.05) is 26.2 Å². The summed E-state index contributed by atoms with van der Waals surface area (Å²) in [4.78, 5) is 191. The summed E-state index contributed by atoms with van der Waals surface area (Å²) < 4.78 is 0. The molecule has 0 saturated carbocycles. The molecule has 34 nitrogen and oxygen atoms in total. The van der Waals surface area contributed by atoms with Gasteiger partial charge in [-0.15, -0.1) is 0 Å². The number of H-pyrrole nitrogens is 4. The van der Waals surface area contributed by atoms with Crippen LogP contribution in [0.1, 0.15) is 82.5 Å². The number of benzene rings is 4. The Kier molecular flexibility index (Phi) is 25.3. The van der Waals surface area contributed by atoms with Crippen molar-refractivity contribution in [1.82, 2.24) is 87.7 Å². The summed E-state index contributed by atoms with van der Waals surface area (Å²) in [6.45, 7) is -1.65. The topological polar surface area (TPSA) is 531 Å². The molecule has 8 aromatic rings. The van der Waals surface area contributed by atoms with Crippen LogP contribution < -0.4 is 65.2 Å². The maximum Gasteiger partial charge on any atom is 0.259 e. The highest BCUT2D eigenvalue weighted by atomic mass is 16.3. The number of para-hydroxylation sites is 2. The molecule has 0 spiro atoms. The van der Waals surface area contributed by atoms with E-state index in [1.165, 1.54) is 29.9 Å². The summed E-state index contributed by atoms with van der Waals surface area (Å²) >= 11 is 0. The third kappa shape index (κ3) is 19.9. The van der Waals surface area contributed by atoms with Crippen LogP contribution in [0.15, 0.2) is 141 Å². The molecule has 6 heterocycles. The fraction of sp³-hybridized carbons (Fsp3) is 0.338. The van der Waals surface area contributed by atoms with Gasteiger partial charge < -0.3 is 89.3 Å². The van der Waals surface area contributed by atoms with Crippen LogP contribution in [0, 0.1) is 5.41 Å². The van der Waals surface area contributed by atoms with Crippen molar-refractivity contribution in [3.63, 3.8) is 0 Å². The van der Waals surface area contributed by atoms with Crippen molar-refractivity contribution in [3.8, 4) is 0 Å². The zero-order valence-electron chi connectivity index (χ0n) is 56.9. The van der Waals surface area contributed by atoms with E-state index in [0.29, 0.717) is 72.4 Å². The van der Waals surface area contributed by atoms with Gasteiger partial charge in [0.1, 0.15) is 60.9 Å². The summed E-state index contributed by atoms with van der Waals surface area (Å²) in [5, 5.41) is 44.8. The van der Waals surface area contributed by atoms with Crippen LogP contribution in [0.5, 0.6) is 0 Å². The number of aromatic nitrogens is 6. The average Bonchev–Trinajstić information content (AvgIpc) is 1.68. The second kappa shape index (κ2) is 35.3. The zero-order valence-corrected chi connectivity index (χ0v) is 56.9. The third-order valence-electron chi connectivity index (χ3n) is 18.2. The fourth-order valence-corrected chi connectivity index (χ4v) is 12.7. The van der Waals surface area contributed by atoms with Crippen molar-refractivity contribution in [2.24, 2.45) is 17.3 Å². The number of aromatic amines is 4. The molecule has 4 aromatic carbocycles. The lowest BCUT2D eigenvalue weighted by atomic mass is 9.98. The molecule has 0 aliphatic carbocycles. The van der Waals surface area contributed by atoms with Crippen molar-refractivity contribution in [3.05, 3.63) is 180 Å². The number of primary amides is 1. The van der Waals surface area contributed by atoms with Crippen LogP contribution in [0.4, 0.5) is 0 Å². The van der Waals surface area contributed by atoms with E-state index >= 15 is 19.2 Å². The van der Waals surface area contributed by atoms with Gasteiger partial charge >= 0.3 is 0 Å². The van der Waals surface area contributed by atoms with Gasteiger partial charge in [0.25, 0.3) is 5.91 Å². The highest BCUT2D eigenvalue weighted by Crippen LogP contribution is 2.25. The van der Waals surface area contributed by atoms with E-state index in [1.54, 1.807) is 116 Å². The number of aliphatic hydroxyl groups is 1. The number of hydrogen-bond acceptors (Lipinski definition) is 17. The van der Waals surface area contributed by atoms with Gasteiger partial charge in [-0.2, -0.15) is 0 Å². The molecule has 2 aliphatic heterocycles. The molecule has 105 heavy (non-hydrogen) atoms. The van der Waals surface area contributed by atoms with Crippen LogP contribution in [0.25, 0.3) is 21.8 Å². The number of amides is 11. The van der Waals surface area contributed by atoms with Gasteiger partial charge in [-0.3, -0.25) is 68.0 Å². The summed E-state index contributed by atoms with van der Waals surface area (Å²) in [5.74, 6) is -3.85. The van der Waals surface area contributed by atoms with Crippen molar-refractivity contribution < 1.29 is 62.6 Å².